The third-order valence-electron chi connectivity index (χ3n) is 5.64. The maximum Gasteiger partial charge on any atom is 0.244 e. The van der Waals surface area contributed by atoms with Gasteiger partial charge in [0.2, 0.25) is 10.0 Å². The number of nitriles is 1. The van der Waals surface area contributed by atoms with Crippen molar-refractivity contribution < 1.29 is 8.42 Å². The third kappa shape index (κ3) is 5.06. The number of hydrogen-bond donors (Lipinski definition) is 2. The van der Waals surface area contributed by atoms with Crippen LogP contribution in [0.25, 0.3) is 10.9 Å². The summed E-state index contributed by atoms with van der Waals surface area (Å²) in [6.07, 6.45) is 3.11. The lowest BCUT2D eigenvalue weighted by Gasteiger charge is -2.16. The number of anilines is 1. The van der Waals surface area contributed by atoms with Gasteiger partial charge in [0.05, 0.1) is 11.1 Å². The second-order valence-corrected chi connectivity index (χ2v) is 10.0. The molecule has 2 N–H and O–H groups in total. The lowest BCUT2D eigenvalue weighted by molar-refractivity contribution is 0.581. The van der Waals surface area contributed by atoms with Crippen molar-refractivity contribution >= 4 is 26.7 Å². The fourth-order valence-electron chi connectivity index (χ4n) is 3.99. The average Bonchev–Trinajstić information content (AvgIpc) is 2.81. The van der Waals surface area contributed by atoms with Gasteiger partial charge in [-0.25, -0.2) is 18.1 Å². The highest BCUT2D eigenvalue weighted by Crippen LogP contribution is 2.26. The molecule has 0 unspecified atom stereocenters. The summed E-state index contributed by atoms with van der Waals surface area (Å²) in [4.78, 5) is 8.71. The van der Waals surface area contributed by atoms with Gasteiger partial charge in [-0.2, -0.15) is 5.26 Å². The molecule has 0 saturated heterocycles. The van der Waals surface area contributed by atoms with Crippen LogP contribution in [-0.2, 0) is 23.1 Å². The van der Waals surface area contributed by atoms with E-state index in [1.165, 1.54) is 6.20 Å². The number of aryl methyl sites for hydroxylation is 3. The van der Waals surface area contributed by atoms with E-state index in [0.29, 0.717) is 11.1 Å². The molecule has 0 radical (unpaired) electrons. The monoisotopic (exact) mass is 471 g/mol. The number of fused-ring (bicyclic) bond motifs is 1. The lowest BCUT2D eigenvalue weighted by atomic mass is 10.0. The zero-order chi connectivity index (χ0) is 24.3. The molecule has 172 valence electrons. The van der Waals surface area contributed by atoms with E-state index in [1.54, 1.807) is 18.3 Å². The number of hydrogen-bond acceptors (Lipinski definition) is 6. The normalized spacial score (nSPS) is 11.4. The molecule has 2 heterocycles. The van der Waals surface area contributed by atoms with Crippen molar-refractivity contribution in [3.8, 4) is 6.07 Å². The number of rotatable bonds is 7. The molecule has 2 aromatic heterocycles. The molecule has 0 spiro atoms. The minimum atomic E-state index is -3.88. The number of pyridine rings is 2. The maximum atomic E-state index is 13.4. The number of aromatic nitrogens is 2. The quantitative estimate of drug-likeness (QED) is 0.410. The molecule has 2 aromatic carbocycles. The minimum absolute atomic E-state index is 0.0676. The molecule has 0 aliphatic rings. The van der Waals surface area contributed by atoms with Gasteiger partial charge in [-0.1, -0.05) is 35.9 Å². The first-order valence-electron chi connectivity index (χ1n) is 10.8. The summed E-state index contributed by atoms with van der Waals surface area (Å²) in [5, 5.41) is 13.0. The van der Waals surface area contributed by atoms with Crippen LogP contribution in [0.5, 0.6) is 0 Å². The molecule has 34 heavy (non-hydrogen) atoms. The Kier molecular flexibility index (Phi) is 6.59. The second-order valence-electron chi connectivity index (χ2n) is 8.28. The molecule has 0 aliphatic heterocycles. The summed E-state index contributed by atoms with van der Waals surface area (Å²) in [7, 11) is -3.88. The molecule has 0 fully saturated rings. The van der Waals surface area contributed by atoms with Gasteiger partial charge in [0.15, 0.2) is 0 Å². The topological polar surface area (TPSA) is 108 Å². The van der Waals surface area contributed by atoms with Crippen LogP contribution >= 0.6 is 0 Å². The lowest BCUT2D eigenvalue weighted by Crippen LogP contribution is -2.25. The second kappa shape index (κ2) is 9.59. The number of nitrogens with one attached hydrogen (secondary N) is 2. The van der Waals surface area contributed by atoms with E-state index in [2.05, 4.69) is 26.1 Å². The zero-order valence-electron chi connectivity index (χ0n) is 19.3. The zero-order valence-corrected chi connectivity index (χ0v) is 20.1. The molecule has 0 bridgehead atoms. The van der Waals surface area contributed by atoms with Crippen LogP contribution in [0.4, 0.5) is 5.82 Å². The van der Waals surface area contributed by atoms with Crippen LogP contribution in [-0.4, -0.2) is 18.4 Å². The molecule has 0 atom stereocenters. The fourth-order valence-corrected chi connectivity index (χ4v) is 5.14. The highest BCUT2D eigenvalue weighted by Gasteiger charge is 2.21. The Bertz CT molecular complexity index is 1500. The standard InChI is InChI=1S/C26H25N5O2S/c1-17-8-18(2)23(19(3)9-17)16-30-34(32,33)25-11-22-6-4-5-7-24(22)31-26(25)29-15-21-10-20(12-27)13-28-14-21/h4-11,13-14,30H,15-16H2,1-3H3,(H,29,31). The number of nitrogens with zero attached hydrogens (tertiary/aromatic N) is 3. The van der Waals surface area contributed by atoms with Crippen molar-refractivity contribution in [3.05, 3.63) is 94.3 Å². The van der Waals surface area contributed by atoms with Gasteiger partial charge in [0, 0.05) is 30.9 Å². The van der Waals surface area contributed by atoms with Crippen molar-refractivity contribution in [2.24, 2.45) is 0 Å². The van der Waals surface area contributed by atoms with Crippen molar-refractivity contribution in [2.45, 2.75) is 38.8 Å². The highest BCUT2D eigenvalue weighted by atomic mass is 32.2. The predicted octanol–water partition coefficient (Wildman–Crippen LogP) is 4.52. The van der Waals surface area contributed by atoms with E-state index in [9.17, 15) is 8.42 Å². The van der Waals surface area contributed by atoms with Crippen molar-refractivity contribution in [3.63, 3.8) is 0 Å². The summed E-state index contributed by atoms with van der Waals surface area (Å²) in [5.74, 6) is 0.242. The van der Waals surface area contributed by atoms with Crippen LogP contribution < -0.4 is 10.0 Å². The summed E-state index contributed by atoms with van der Waals surface area (Å²) < 4.78 is 29.6. The predicted molar refractivity (Wildman–Crippen MR) is 133 cm³/mol. The van der Waals surface area contributed by atoms with Gasteiger partial charge in [0.25, 0.3) is 0 Å². The van der Waals surface area contributed by atoms with Crippen molar-refractivity contribution in [1.29, 1.82) is 5.26 Å². The highest BCUT2D eigenvalue weighted by molar-refractivity contribution is 7.89. The molecule has 0 amide bonds. The molecule has 7 nitrogen and oxygen atoms in total. The van der Waals surface area contributed by atoms with Gasteiger partial charge in [0.1, 0.15) is 16.8 Å². The number of para-hydroxylation sites is 1. The Morgan fingerprint density at radius 2 is 1.71 bits per heavy atom. The van der Waals surface area contributed by atoms with Crippen LogP contribution in [0.15, 0.2) is 65.8 Å². The van der Waals surface area contributed by atoms with Crippen molar-refractivity contribution in [1.82, 2.24) is 14.7 Å². The summed E-state index contributed by atoms with van der Waals surface area (Å²) in [6.45, 7) is 6.44. The number of sulfonamides is 1. The Morgan fingerprint density at radius 3 is 2.44 bits per heavy atom. The summed E-state index contributed by atoms with van der Waals surface area (Å²) >= 11 is 0. The van der Waals surface area contributed by atoms with Crippen LogP contribution in [0.3, 0.4) is 0 Å². The maximum absolute atomic E-state index is 13.4. The van der Waals surface area contributed by atoms with Crippen LogP contribution in [0, 0.1) is 32.1 Å². The van der Waals surface area contributed by atoms with Gasteiger partial charge < -0.3 is 5.32 Å². The Balaban J connectivity index is 1.67. The largest absolute Gasteiger partial charge is 0.365 e. The molecule has 4 aromatic rings. The molecule has 0 aliphatic carbocycles. The van der Waals surface area contributed by atoms with Gasteiger partial charge in [-0.15, -0.1) is 0 Å². The first-order valence-corrected chi connectivity index (χ1v) is 12.3. The fraction of sp³-hybridized carbons (Fsp3) is 0.192. The van der Waals surface area contributed by atoms with E-state index >= 15 is 0 Å². The van der Waals surface area contributed by atoms with E-state index in [-0.39, 0.29) is 23.8 Å². The first kappa shape index (κ1) is 23.4. The molecular formula is C26H25N5O2S. The smallest absolute Gasteiger partial charge is 0.244 e. The third-order valence-corrected chi connectivity index (χ3v) is 7.06. The van der Waals surface area contributed by atoms with Gasteiger partial charge >= 0.3 is 0 Å². The minimum Gasteiger partial charge on any atom is -0.365 e. The van der Waals surface area contributed by atoms with Crippen molar-refractivity contribution in [2.75, 3.05) is 5.32 Å². The average molecular weight is 472 g/mol. The van der Waals surface area contributed by atoms with Gasteiger partial charge in [-0.3, -0.25) is 4.98 Å². The van der Waals surface area contributed by atoms with E-state index in [4.69, 9.17) is 5.26 Å². The summed E-state index contributed by atoms with van der Waals surface area (Å²) in [5.41, 5.74) is 6.04. The Morgan fingerprint density at radius 1 is 0.971 bits per heavy atom. The van der Waals surface area contributed by atoms with E-state index in [1.807, 2.05) is 57.2 Å². The molecular weight excluding hydrogens is 446 g/mol. The van der Waals surface area contributed by atoms with Crippen LogP contribution in [0.2, 0.25) is 0 Å². The van der Waals surface area contributed by atoms with Crippen LogP contribution in [0.1, 0.15) is 33.4 Å². The molecule has 0 saturated carbocycles. The first-order chi connectivity index (χ1) is 16.3. The SMILES string of the molecule is Cc1cc(C)c(CNS(=O)(=O)c2cc3ccccc3nc2NCc2cncc(C#N)c2)c(C)c1. The van der Waals surface area contributed by atoms with Gasteiger partial charge in [-0.05, 0) is 61.2 Å². The number of benzene rings is 2. The Labute approximate surface area is 199 Å². The molecule has 8 heteroatoms. The Hall–Kier alpha value is -3.80. The van der Waals surface area contributed by atoms with E-state index in [0.717, 1.165) is 33.2 Å². The summed E-state index contributed by atoms with van der Waals surface area (Å²) in [6, 6.07) is 16.9. The molecule has 4 rings (SSSR count). The van der Waals surface area contributed by atoms with E-state index < -0.39 is 10.0 Å².